The van der Waals surface area contributed by atoms with Gasteiger partial charge in [0.1, 0.15) is 0 Å². The summed E-state index contributed by atoms with van der Waals surface area (Å²) in [7, 11) is 0. The van der Waals surface area contributed by atoms with Crippen molar-refractivity contribution in [2.24, 2.45) is 5.92 Å². The molecule has 21 heavy (non-hydrogen) atoms. The Morgan fingerprint density at radius 1 is 1.10 bits per heavy atom. The molecule has 2 N–H and O–H groups in total. The van der Waals surface area contributed by atoms with Gasteiger partial charge in [0.2, 0.25) is 5.91 Å². The van der Waals surface area contributed by atoms with E-state index < -0.39 is 0 Å². The lowest BCUT2D eigenvalue weighted by Crippen LogP contribution is -2.49. The summed E-state index contributed by atoms with van der Waals surface area (Å²) in [5.41, 5.74) is 0. The molecular weight excluding hydrogens is 280 g/mol. The van der Waals surface area contributed by atoms with Crippen LogP contribution < -0.4 is 10.6 Å². The molecule has 0 radical (unpaired) electrons. The molecule has 122 valence electrons. The summed E-state index contributed by atoms with van der Waals surface area (Å²) in [5, 5.41) is 7.75. The van der Waals surface area contributed by atoms with Crippen molar-refractivity contribution in [3.05, 3.63) is 0 Å². The van der Waals surface area contributed by atoms with Gasteiger partial charge in [-0.05, 0) is 52.2 Å². The van der Waals surface area contributed by atoms with E-state index in [0.29, 0.717) is 12.1 Å². The highest BCUT2D eigenvalue weighted by Crippen LogP contribution is 2.30. The Labute approximate surface area is 134 Å². The van der Waals surface area contributed by atoms with Crippen LogP contribution in [0.3, 0.4) is 0 Å². The molecule has 2 aliphatic carbocycles. The molecule has 0 aromatic rings. The number of hydrogen-bond donors (Lipinski definition) is 2. The third kappa shape index (κ3) is 5.17. The van der Waals surface area contributed by atoms with E-state index >= 15 is 0 Å². The number of amides is 1. The maximum atomic E-state index is 12.2. The molecular formula is C17H32N2OS. The fourth-order valence-electron chi connectivity index (χ4n) is 3.85. The summed E-state index contributed by atoms with van der Waals surface area (Å²) in [6.45, 7) is 4.09. The molecule has 0 aliphatic heterocycles. The highest BCUT2D eigenvalue weighted by Gasteiger charge is 2.31. The highest BCUT2D eigenvalue weighted by atomic mass is 32.2. The maximum absolute atomic E-state index is 12.2. The molecule has 0 aromatic carbocycles. The third-order valence-electron chi connectivity index (χ3n) is 4.93. The third-order valence-corrected chi connectivity index (χ3v) is 6.10. The standard InChI is InChI=1S/C17H32N2OS/c1-12(2)18-17(20)13-7-6-8-14(11-13)19-15-9-4-5-10-16(15)21-3/h12-16,19H,4-11H2,1-3H3,(H,18,20). The monoisotopic (exact) mass is 312 g/mol. The normalized spacial score (nSPS) is 33.9. The van der Waals surface area contributed by atoms with Gasteiger partial charge in [0, 0.05) is 29.3 Å². The quantitative estimate of drug-likeness (QED) is 0.818. The second-order valence-electron chi connectivity index (χ2n) is 7.06. The van der Waals surface area contributed by atoms with Crippen LogP contribution in [-0.2, 0) is 4.79 Å². The van der Waals surface area contributed by atoms with Crippen LogP contribution in [-0.4, -0.2) is 35.5 Å². The molecule has 2 aliphatic rings. The molecule has 1 amide bonds. The summed E-state index contributed by atoms with van der Waals surface area (Å²) >= 11 is 2.02. The first-order chi connectivity index (χ1) is 10.1. The van der Waals surface area contributed by atoms with Crippen LogP contribution in [0.2, 0.25) is 0 Å². The number of carbonyl (C=O) groups excluding carboxylic acids is 1. The molecule has 0 bridgehead atoms. The van der Waals surface area contributed by atoms with E-state index in [4.69, 9.17) is 0 Å². The van der Waals surface area contributed by atoms with Gasteiger partial charge in [0.15, 0.2) is 0 Å². The molecule has 0 aromatic heterocycles. The van der Waals surface area contributed by atoms with E-state index in [1.54, 1.807) is 0 Å². The molecule has 2 fully saturated rings. The van der Waals surface area contributed by atoms with Gasteiger partial charge < -0.3 is 10.6 Å². The maximum Gasteiger partial charge on any atom is 0.223 e. The first kappa shape index (κ1) is 17.1. The van der Waals surface area contributed by atoms with Gasteiger partial charge in [-0.2, -0.15) is 11.8 Å². The highest BCUT2D eigenvalue weighted by molar-refractivity contribution is 7.99. The zero-order valence-electron chi connectivity index (χ0n) is 13.9. The minimum atomic E-state index is 0.218. The van der Waals surface area contributed by atoms with Crippen molar-refractivity contribution in [2.75, 3.05) is 6.26 Å². The lowest BCUT2D eigenvalue weighted by Gasteiger charge is -2.37. The molecule has 4 heteroatoms. The Balaban J connectivity index is 1.84. The summed E-state index contributed by atoms with van der Waals surface area (Å²) in [4.78, 5) is 12.2. The first-order valence-corrected chi connectivity index (χ1v) is 9.98. The van der Waals surface area contributed by atoms with Crippen LogP contribution in [0.1, 0.15) is 65.2 Å². The van der Waals surface area contributed by atoms with Gasteiger partial charge in [0.25, 0.3) is 0 Å². The molecule has 3 nitrogen and oxygen atoms in total. The molecule has 0 spiro atoms. The van der Waals surface area contributed by atoms with E-state index in [0.717, 1.165) is 18.1 Å². The summed E-state index contributed by atoms with van der Waals surface area (Å²) in [5.74, 6) is 0.483. The van der Waals surface area contributed by atoms with Crippen molar-refractivity contribution in [1.29, 1.82) is 0 Å². The van der Waals surface area contributed by atoms with Crippen molar-refractivity contribution < 1.29 is 4.79 Å². The van der Waals surface area contributed by atoms with Crippen molar-refractivity contribution >= 4 is 17.7 Å². The van der Waals surface area contributed by atoms with Crippen molar-refractivity contribution in [3.8, 4) is 0 Å². The minimum Gasteiger partial charge on any atom is -0.354 e. The van der Waals surface area contributed by atoms with Gasteiger partial charge in [0.05, 0.1) is 0 Å². The van der Waals surface area contributed by atoms with E-state index in [-0.39, 0.29) is 17.9 Å². The van der Waals surface area contributed by atoms with Gasteiger partial charge >= 0.3 is 0 Å². The van der Waals surface area contributed by atoms with Crippen molar-refractivity contribution in [3.63, 3.8) is 0 Å². The Morgan fingerprint density at radius 2 is 1.86 bits per heavy atom. The van der Waals surface area contributed by atoms with E-state index in [9.17, 15) is 4.79 Å². The second kappa shape index (κ2) is 8.42. The van der Waals surface area contributed by atoms with Gasteiger partial charge in [-0.25, -0.2) is 0 Å². The summed E-state index contributed by atoms with van der Waals surface area (Å²) < 4.78 is 0. The number of hydrogen-bond acceptors (Lipinski definition) is 3. The Morgan fingerprint density at radius 3 is 2.57 bits per heavy atom. The van der Waals surface area contributed by atoms with Crippen LogP contribution in [0.5, 0.6) is 0 Å². The number of carbonyl (C=O) groups is 1. The lowest BCUT2D eigenvalue weighted by molar-refractivity contribution is -0.126. The number of nitrogens with one attached hydrogen (secondary N) is 2. The number of thioether (sulfide) groups is 1. The van der Waals surface area contributed by atoms with Gasteiger partial charge in [-0.3, -0.25) is 4.79 Å². The van der Waals surface area contributed by atoms with Crippen LogP contribution >= 0.6 is 11.8 Å². The Bertz CT molecular complexity index is 335. The van der Waals surface area contributed by atoms with Crippen LogP contribution in [0.25, 0.3) is 0 Å². The second-order valence-corrected chi connectivity index (χ2v) is 8.13. The van der Waals surface area contributed by atoms with E-state index in [1.165, 1.54) is 38.5 Å². The fourth-order valence-corrected chi connectivity index (χ4v) is 4.80. The predicted octanol–water partition coefficient (Wildman–Crippen LogP) is 3.33. The van der Waals surface area contributed by atoms with Crippen LogP contribution in [0.4, 0.5) is 0 Å². The molecule has 0 heterocycles. The SMILES string of the molecule is CSC1CCCCC1NC1CCCC(C(=O)NC(C)C)C1. The first-order valence-electron chi connectivity index (χ1n) is 8.69. The summed E-state index contributed by atoms with van der Waals surface area (Å²) in [6, 6.07) is 1.45. The molecule has 2 rings (SSSR count). The Hall–Kier alpha value is -0.220. The van der Waals surface area contributed by atoms with Crippen molar-refractivity contribution in [1.82, 2.24) is 10.6 Å². The van der Waals surface area contributed by atoms with Crippen LogP contribution in [0.15, 0.2) is 0 Å². The van der Waals surface area contributed by atoms with Crippen LogP contribution in [0, 0.1) is 5.92 Å². The molecule has 0 saturated heterocycles. The molecule has 4 atom stereocenters. The Kier molecular flexibility index (Phi) is 6.87. The summed E-state index contributed by atoms with van der Waals surface area (Å²) in [6.07, 6.45) is 12.2. The van der Waals surface area contributed by atoms with E-state index in [1.807, 2.05) is 25.6 Å². The molecule has 4 unspecified atom stereocenters. The molecule has 2 saturated carbocycles. The smallest absolute Gasteiger partial charge is 0.223 e. The topological polar surface area (TPSA) is 41.1 Å². The largest absolute Gasteiger partial charge is 0.354 e. The minimum absolute atomic E-state index is 0.218. The van der Waals surface area contributed by atoms with Crippen molar-refractivity contribution in [2.45, 2.75) is 88.6 Å². The predicted molar refractivity (Wildman–Crippen MR) is 91.7 cm³/mol. The van der Waals surface area contributed by atoms with Gasteiger partial charge in [-0.1, -0.05) is 19.3 Å². The van der Waals surface area contributed by atoms with E-state index in [2.05, 4.69) is 16.9 Å². The van der Waals surface area contributed by atoms with Gasteiger partial charge in [-0.15, -0.1) is 0 Å². The lowest BCUT2D eigenvalue weighted by atomic mass is 9.83. The number of rotatable bonds is 5. The zero-order chi connectivity index (χ0) is 15.2. The zero-order valence-corrected chi connectivity index (χ0v) is 14.7. The average molecular weight is 313 g/mol. The fraction of sp³-hybridized carbons (Fsp3) is 0.941. The average Bonchev–Trinajstić information content (AvgIpc) is 2.47.